The number of ether oxygens (including phenoxy) is 4. The van der Waals surface area contributed by atoms with Gasteiger partial charge in [-0.1, -0.05) is 12.1 Å². The fourth-order valence-corrected chi connectivity index (χ4v) is 8.43. The van der Waals surface area contributed by atoms with E-state index in [4.69, 9.17) is 24.7 Å². The highest BCUT2D eigenvalue weighted by Crippen LogP contribution is 2.52. The topological polar surface area (TPSA) is 236 Å². The van der Waals surface area contributed by atoms with Crippen molar-refractivity contribution in [1.29, 1.82) is 0 Å². The molecule has 2 aromatic carbocycles. The third kappa shape index (κ3) is 6.17. The molecule has 6 rings (SSSR count). The Bertz CT molecular complexity index is 1810. The molecule has 0 bridgehead atoms. The molecule has 0 radical (unpaired) electrons. The van der Waals surface area contributed by atoms with Gasteiger partial charge in [-0.3, -0.25) is 19.2 Å². The summed E-state index contributed by atoms with van der Waals surface area (Å²) in [6.45, 7) is 7.83. The lowest BCUT2D eigenvalue weighted by molar-refractivity contribution is -0.252. The number of rotatable bonds is 7. The number of hydroxylamine groups is 2. The van der Waals surface area contributed by atoms with Gasteiger partial charge in [0.15, 0.2) is 18.7 Å². The van der Waals surface area contributed by atoms with Gasteiger partial charge in [0.25, 0.3) is 0 Å². The van der Waals surface area contributed by atoms with Gasteiger partial charge >= 0.3 is 5.97 Å². The van der Waals surface area contributed by atoms with Crippen LogP contribution >= 0.6 is 0 Å². The Labute approximate surface area is 300 Å². The van der Waals surface area contributed by atoms with Gasteiger partial charge in [0, 0.05) is 53.1 Å². The molecule has 2 aliphatic heterocycles. The summed E-state index contributed by atoms with van der Waals surface area (Å²) in [6.07, 6.45) is -5.08. The zero-order chi connectivity index (χ0) is 38.2. The number of aliphatic hydroxyl groups is 2. The molecule has 2 saturated heterocycles. The minimum atomic E-state index is -2.37. The van der Waals surface area contributed by atoms with E-state index in [0.29, 0.717) is 0 Å². The number of aliphatic hydroxyl groups excluding tert-OH is 1. The predicted octanol–water partition coefficient (Wildman–Crippen LogP) is 2.21. The van der Waals surface area contributed by atoms with Crippen molar-refractivity contribution in [3.63, 3.8) is 0 Å². The van der Waals surface area contributed by atoms with E-state index >= 15 is 0 Å². The first-order valence-electron chi connectivity index (χ1n) is 17.3. The Morgan fingerprint density at radius 2 is 1.63 bits per heavy atom. The molecule has 7 N–H and O–H groups in total. The number of ketones is 3. The van der Waals surface area contributed by atoms with E-state index < -0.39 is 119 Å². The molecule has 15 heteroatoms. The molecule has 4 aliphatic rings. The molecule has 2 aromatic rings. The first-order valence-corrected chi connectivity index (χ1v) is 17.3. The van der Waals surface area contributed by atoms with Crippen molar-refractivity contribution in [2.45, 2.75) is 114 Å². The van der Waals surface area contributed by atoms with Crippen LogP contribution in [-0.4, -0.2) is 109 Å². The van der Waals surface area contributed by atoms with Crippen molar-refractivity contribution < 1.29 is 63.8 Å². The van der Waals surface area contributed by atoms with Crippen LogP contribution in [0.4, 0.5) is 0 Å². The molecule has 52 heavy (non-hydrogen) atoms. The highest BCUT2D eigenvalue weighted by Gasteiger charge is 2.52. The number of methoxy groups -OCH3 is 1. The number of hydrogen-bond acceptors (Lipinski definition) is 15. The molecule has 0 saturated carbocycles. The summed E-state index contributed by atoms with van der Waals surface area (Å²) in [5.41, 5.74) is 0.624. The number of Topliss-reactive ketones (excluding diaryl/α,β-unsaturated/α-hetero) is 1. The maximum absolute atomic E-state index is 13.9. The number of piperidine rings is 1. The van der Waals surface area contributed by atoms with Crippen LogP contribution in [0.2, 0.25) is 0 Å². The summed E-state index contributed by atoms with van der Waals surface area (Å²) in [4.78, 5) is 54.9. The number of phenolic OH excluding ortho intramolecular Hbond substituents is 2. The van der Waals surface area contributed by atoms with E-state index in [0.717, 1.165) is 0 Å². The van der Waals surface area contributed by atoms with Gasteiger partial charge in [-0.2, -0.15) is 5.06 Å². The second kappa shape index (κ2) is 13.2. The normalized spacial score (nSPS) is 29.8. The SMILES string of the molecule is COc1cccc2c1C(=O)c1c(O)c3c(c(O)c1C2=O)C[C@@](O)(C(=O)COC(=O)C1CC(C)(C)N(O)C(C)(C)C1)C[C@@H]3OC1C[C@H](N)[C@@H](O)C(C)O1. The van der Waals surface area contributed by atoms with Crippen molar-refractivity contribution in [2.75, 3.05) is 13.7 Å². The van der Waals surface area contributed by atoms with Gasteiger partial charge in [0.2, 0.25) is 11.6 Å². The minimum absolute atomic E-state index is 0.0274. The number of nitrogens with zero attached hydrogens (tertiary/aromatic N) is 1. The van der Waals surface area contributed by atoms with Crippen LogP contribution in [-0.2, 0) is 30.2 Å². The van der Waals surface area contributed by atoms with Gasteiger partial charge in [0.05, 0.1) is 48.0 Å². The monoisotopic (exact) mass is 726 g/mol. The average molecular weight is 727 g/mol. The second-order valence-electron chi connectivity index (χ2n) is 15.7. The Morgan fingerprint density at radius 3 is 2.25 bits per heavy atom. The van der Waals surface area contributed by atoms with Crippen LogP contribution in [0.15, 0.2) is 18.2 Å². The summed E-state index contributed by atoms with van der Waals surface area (Å²) in [5, 5.41) is 57.7. The minimum Gasteiger partial charge on any atom is -0.507 e. The quantitative estimate of drug-likeness (QED) is 0.151. The smallest absolute Gasteiger partial charge is 0.309 e. The van der Waals surface area contributed by atoms with E-state index in [1.54, 1.807) is 34.6 Å². The maximum Gasteiger partial charge on any atom is 0.309 e. The number of carbonyl (C=O) groups is 4. The third-order valence-electron chi connectivity index (χ3n) is 11.0. The fourth-order valence-electron chi connectivity index (χ4n) is 8.43. The van der Waals surface area contributed by atoms with Crippen molar-refractivity contribution >= 4 is 23.3 Å². The van der Waals surface area contributed by atoms with Crippen molar-refractivity contribution in [2.24, 2.45) is 11.7 Å². The molecule has 0 aromatic heterocycles. The molecule has 0 amide bonds. The molecule has 0 spiro atoms. The lowest BCUT2D eigenvalue weighted by Gasteiger charge is -2.50. The van der Waals surface area contributed by atoms with Gasteiger partial charge in [0.1, 0.15) is 22.8 Å². The zero-order valence-corrected chi connectivity index (χ0v) is 30.0. The number of fused-ring (bicyclic) bond motifs is 3. The molecule has 2 aliphatic carbocycles. The number of aromatic hydroxyl groups is 2. The Hall–Kier alpha value is -3.96. The average Bonchev–Trinajstić information content (AvgIpc) is 3.07. The van der Waals surface area contributed by atoms with Crippen LogP contribution in [0.25, 0.3) is 0 Å². The lowest BCUT2D eigenvalue weighted by Crippen LogP contribution is -2.60. The molecule has 282 valence electrons. The predicted molar refractivity (Wildman–Crippen MR) is 180 cm³/mol. The van der Waals surface area contributed by atoms with Crippen LogP contribution in [0.1, 0.15) is 109 Å². The van der Waals surface area contributed by atoms with Crippen LogP contribution < -0.4 is 10.5 Å². The number of carbonyl (C=O) groups excluding carboxylic acids is 4. The molecule has 15 nitrogen and oxygen atoms in total. The number of esters is 1. The lowest BCUT2D eigenvalue weighted by atomic mass is 9.72. The number of benzene rings is 2. The number of phenols is 2. The van der Waals surface area contributed by atoms with E-state index in [9.17, 15) is 44.8 Å². The van der Waals surface area contributed by atoms with E-state index in [-0.39, 0.29) is 47.3 Å². The van der Waals surface area contributed by atoms with Gasteiger partial charge in [-0.05, 0) is 53.5 Å². The number of hydrogen-bond donors (Lipinski definition) is 6. The highest BCUT2D eigenvalue weighted by molar-refractivity contribution is 6.31. The summed E-state index contributed by atoms with van der Waals surface area (Å²) >= 11 is 0. The van der Waals surface area contributed by atoms with E-state index in [1.165, 1.54) is 30.4 Å². The van der Waals surface area contributed by atoms with Crippen LogP contribution in [0.3, 0.4) is 0 Å². The van der Waals surface area contributed by atoms with Crippen molar-refractivity contribution in [1.82, 2.24) is 5.06 Å². The molecule has 6 atom stereocenters. The second-order valence-corrected chi connectivity index (χ2v) is 15.7. The molecule has 2 heterocycles. The fraction of sp³-hybridized carbons (Fsp3) is 0.568. The summed E-state index contributed by atoms with van der Waals surface area (Å²) < 4.78 is 22.8. The van der Waals surface area contributed by atoms with Gasteiger partial charge < -0.3 is 50.3 Å². The van der Waals surface area contributed by atoms with E-state index in [1.807, 2.05) is 0 Å². The van der Waals surface area contributed by atoms with Gasteiger partial charge in [-0.15, -0.1) is 0 Å². The summed E-state index contributed by atoms with van der Waals surface area (Å²) in [7, 11) is 1.32. The van der Waals surface area contributed by atoms with Gasteiger partial charge in [-0.25, -0.2) is 0 Å². The third-order valence-corrected chi connectivity index (χ3v) is 11.0. The summed E-state index contributed by atoms with van der Waals surface area (Å²) in [6, 6.07) is 3.57. The molecular formula is C37H46N2O13. The standard InChI is InChI=1S/C37H46N2O13/c1-16-29(41)20(38)10-24(51-16)52-22-14-37(47,23(40)15-50-34(46)17-11-35(2,3)39(48)36(4,5)12-17)13-19-26(22)33(45)28-27(31(19)43)30(42)18-8-7-9-21(49-6)25(18)32(28)44/h7-9,16-17,20,22,24,29,41,43,45,47-48H,10-15,38H2,1-6H3/t16?,20-,22-,24?,29-,37-/m0/s1. The molecule has 2 fully saturated rings. The first-order chi connectivity index (χ1) is 24.2. The van der Waals surface area contributed by atoms with E-state index in [2.05, 4.69) is 0 Å². The molecular weight excluding hydrogens is 680 g/mol. The van der Waals surface area contributed by atoms with Crippen LogP contribution in [0, 0.1) is 5.92 Å². The van der Waals surface area contributed by atoms with Crippen molar-refractivity contribution in [3.05, 3.63) is 51.6 Å². The summed E-state index contributed by atoms with van der Waals surface area (Å²) in [5.74, 6) is -5.26. The van der Waals surface area contributed by atoms with Crippen LogP contribution in [0.5, 0.6) is 17.2 Å². The Kier molecular flexibility index (Phi) is 9.56. The van der Waals surface area contributed by atoms with Crippen molar-refractivity contribution in [3.8, 4) is 17.2 Å². The zero-order valence-electron chi connectivity index (χ0n) is 30.0. The largest absolute Gasteiger partial charge is 0.507 e. The maximum atomic E-state index is 13.9. The Morgan fingerprint density at radius 1 is 1.00 bits per heavy atom. The molecule has 2 unspecified atom stereocenters. The highest BCUT2D eigenvalue weighted by atomic mass is 16.7. The number of nitrogens with two attached hydrogens (primary N) is 1. The Balaban J connectivity index is 1.36. The first kappa shape index (κ1) is 37.8.